The Hall–Kier alpha value is -2.95. The van der Waals surface area contributed by atoms with E-state index in [-0.39, 0.29) is 22.3 Å². The number of carbonyl (C=O) groups is 1. The number of halogens is 2. The van der Waals surface area contributed by atoms with Crippen LogP contribution in [0.3, 0.4) is 0 Å². The average Bonchev–Trinajstić information content (AvgIpc) is 2.89. The number of hydrogen-bond acceptors (Lipinski definition) is 4. The molecule has 0 aliphatic heterocycles. The van der Waals surface area contributed by atoms with Crippen molar-refractivity contribution in [2.75, 3.05) is 5.32 Å². The molecule has 0 atom stereocenters. The van der Waals surface area contributed by atoms with E-state index in [0.717, 1.165) is 16.2 Å². The number of hydrogen-bond donors (Lipinski definition) is 1. The van der Waals surface area contributed by atoms with Crippen LogP contribution >= 0.6 is 22.9 Å². The Balaban J connectivity index is 1.86. The van der Waals surface area contributed by atoms with Crippen LogP contribution in [0.15, 0.2) is 47.3 Å². The zero-order valence-corrected chi connectivity index (χ0v) is 15.7. The van der Waals surface area contributed by atoms with Gasteiger partial charge in [0.25, 0.3) is 0 Å². The molecule has 0 spiro atoms. The molecule has 0 saturated carbocycles. The quantitative estimate of drug-likeness (QED) is 0.712. The fraction of sp³-hybridized carbons (Fsp3) is 0.105. The summed E-state index contributed by atoms with van der Waals surface area (Å²) in [7, 11) is 0. The largest absolute Gasteiger partial charge is 0.324 e. The van der Waals surface area contributed by atoms with Gasteiger partial charge in [0.2, 0.25) is 5.91 Å². The summed E-state index contributed by atoms with van der Waals surface area (Å²) in [6.45, 7) is 1.58. The molecule has 27 heavy (non-hydrogen) atoms. The van der Waals surface area contributed by atoms with Crippen molar-refractivity contribution in [3.05, 3.63) is 73.4 Å². The van der Waals surface area contributed by atoms with Crippen LogP contribution in [0.4, 0.5) is 10.1 Å². The van der Waals surface area contributed by atoms with Gasteiger partial charge in [-0.3, -0.25) is 14.2 Å². The van der Waals surface area contributed by atoms with Crippen molar-refractivity contribution in [3.63, 3.8) is 0 Å². The second kappa shape index (κ2) is 7.74. The molecule has 0 aliphatic carbocycles. The number of nitrogens with zero attached hydrogens (tertiary/aromatic N) is 2. The first-order valence-electron chi connectivity index (χ1n) is 7.84. The number of thiazole rings is 1. The Kier molecular flexibility index (Phi) is 5.40. The Morgan fingerprint density at radius 3 is 2.63 bits per heavy atom. The average molecular weight is 402 g/mol. The number of amides is 1. The molecule has 1 N–H and O–H groups in total. The van der Waals surface area contributed by atoms with Crippen LogP contribution in [-0.2, 0) is 11.3 Å². The summed E-state index contributed by atoms with van der Waals surface area (Å²) in [5, 5.41) is 11.8. The van der Waals surface area contributed by atoms with Crippen molar-refractivity contribution < 1.29 is 9.18 Å². The first-order valence-corrected chi connectivity index (χ1v) is 9.04. The summed E-state index contributed by atoms with van der Waals surface area (Å²) in [4.78, 5) is 25.2. The zero-order valence-electron chi connectivity index (χ0n) is 14.1. The van der Waals surface area contributed by atoms with Gasteiger partial charge < -0.3 is 5.32 Å². The molecule has 0 unspecified atom stereocenters. The minimum atomic E-state index is -0.418. The van der Waals surface area contributed by atoms with Crippen molar-refractivity contribution in [1.82, 2.24) is 4.57 Å². The molecule has 136 valence electrons. The van der Waals surface area contributed by atoms with E-state index in [2.05, 4.69) is 5.32 Å². The summed E-state index contributed by atoms with van der Waals surface area (Å²) in [6.07, 6.45) is 0. The number of aromatic nitrogens is 1. The lowest BCUT2D eigenvalue weighted by atomic mass is 10.1. The third-order valence-corrected chi connectivity index (χ3v) is 5.06. The highest BCUT2D eigenvalue weighted by Crippen LogP contribution is 2.26. The normalized spacial score (nSPS) is 10.4. The summed E-state index contributed by atoms with van der Waals surface area (Å²) in [5.74, 6) is -0.796. The van der Waals surface area contributed by atoms with Gasteiger partial charge in [0.05, 0.1) is 16.3 Å². The molecule has 5 nitrogen and oxygen atoms in total. The van der Waals surface area contributed by atoms with Gasteiger partial charge in [-0.15, -0.1) is 0 Å². The topological polar surface area (TPSA) is 74.9 Å². The third kappa shape index (κ3) is 4.08. The van der Waals surface area contributed by atoms with Crippen LogP contribution in [0.2, 0.25) is 5.02 Å². The lowest BCUT2D eigenvalue weighted by molar-refractivity contribution is -0.116. The number of nitriles is 1. The highest BCUT2D eigenvalue weighted by atomic mass is 35.5. The molecule has 3 aromatic rings. The van der Waals surface area contributed by atoms with Gasteiger partial charge in [0.1, 0.15) is 18.4 Å². The molecule has 0 aliphatic rings. The molecule has 3 rings (SSSR count). The molecular formula is C19H13ClFN3O2S. The summed E-state index contributed by atoms with van der Waals surface area (Å²) < 4.78 is 14.5. The van der Waals surface area contributed by atoms with Crippen LogP contribution in [0.25, 0.3) is 11.3 Å². The van der Waals surface area contributed by atoms with Crippen LogP contribution < -0.4 is 10.2 Å². The number of anilines is 1. The van der Waals surface area contributed by atoms with Gasteiger partial charge in [-0.2, -0.15) is 5.26 Å². The molecule has 1 aromatic heterocycles. The lowest BCUT2D eigenvalue weighted by Gasteiger charge is -2.10. The lowest BCUT2D eigenvalue weighted by Crippen LogP contribution is -2.25. The molecule has 8 heteroatoms. The van der Waals surface area contributed by atoms with E-state index in [9.17, 15) is 14.0 Å². The number of rotatable bonds is 4. The SMILES string of the molecule is Cc1sc(=O)n(CC(=O)Nc2ccc(C#N)c(Cl)c2)c1-c1ccc(F)cc1. The van der Waals surface area contributed by atoms with E-state index in [0.29, 0.717) is 22.5 Å². The third-order valence-electron chi connectivity index (χ3n) is 3.86. The van der Waals surface area contributed by atoms with Gasteiger partial charge in [-0.05, 0) is 55.0 Å². The Bertz CT molecular complexity index is 1110. The number of aryl methyl sites for hydroxylation is 1. The molecule has 0 fully saturated rings. The molecular weight excluding hydrogens is 389 g/mol. The first kappa shape index (κ1) is 18.8. The van der Waals surface area contributed by atoms with E-state index in [1.165, 1.54) is 28.8 Å². The standard InChI is InChI=1S/C19H13ClFN3O2S/c1-11-18(12-2-5-14(21)6-3-12)24(19(26)27-11)10-17(25)23-15-7-4-13(9-22)16(20)8-15/h2-8H,10H2,1H3,(H,23,25). The minimum absolute atomic E-state index is 0.201. The van der Waals surface area contributed by atoms with Crippen molar-refractivity contribution in [1.29, 1.82) is 5.26 Å². The highest BCUT2D eigenvalue weighted by molar-refractivity contribution is 7.09. The van der Waals surface area contributed by atoms with Crippen molar-refractivity contribution in [3.8, 4) is 17.3 Å². The molecule has 0 bridgehead atoms. The van der Waals surface area contributed by atoms with Crippen molar-refractivity contribution in [2.24, 2.45) is 0 Å². The fourth-order valence-corrected chi connectivity index (χ4v) is 3.73. The first-order chi connectivity index (χ1) is 12.9. The number of nitrogens with one attached hydrogen (secondary N) is 1. The predicted octanol–water partition coefficient (Wildman–Crippen LogP) is 4.19. The maximum Gasteiger partial charge on any atom is 0.308 e. The number of benzene rings is 2. The maximum absolute atomic E-state index is 13.2. The van der Waals surface area contributed by atoms with Gasteiger partial charge in [0.15, 0.2) is 0 Å². The monoisotopic (exact) mass is 401 g/mol. The van der Waals surface area contributed by atoms with Gasteiger partial charge >= 0.3 is 4.87 Å². The molecule has 0 saturated heterocycles. The second-order valence-electron chi connectivity index (χ2n) is 5.72. The molecule has 1 heterocycles. The zero-order chi connectivity index (χ0) is 19.6. The maximum atomic E-state index is 13.2. The van der Waals surface area contributed by atoms with Crippen LogP contribution in [0.5, 0.6) is 0 Å². The predicted molar refractivity (Wildman–Crippen MR) is 104 cm³/mol. The Morgan fingerprint density at radius 2 is 2.00 bits per heavy atom. The molecule has 0 radical (unpaired) electrons. The Morgan fingerprint density at radius 1 is 1.30 bits per heavy atom. The van der Waals surface area contributed by atoms with E-state index in [1.54, 1.807) is 25.1 Å². The van der Waals surface area contributed by atoms with E-state index >= 15 is 0 Å². The minimum Gasteiger partial charge on any atom is -0.324 e. The highest BCUT2D eigenvalue weighted by Gasteiger charge is 2.17. The van der Waals surface area contributed by atoms with E-state index in [1.807, 2.05) is 6.07 Å². The van der Waals surface area contributed by atoms with E-state index < -0.39 is 5.91 Å². The summed E-state index contributed by atoms with van der Waals surface area (Å²) in [5.41, 5.74) is 1.96. The van der Waals surface area contributed by atoms with Gasteiger partial charge in [-0.25, -0.2) is 4.39 Å². The molecule has 2 aromatic carbocycles. The Labute approximate surface area is 163 Å². The fourth-order valence-electron chi connectivity index (χ4n) is 2.65. The van der Waals surface area contributed by atoms with Gasteiger partial charge in [0, 0.05) is 10.6 Å². The molecule has 1 amide bonds. The second-order valence-corrected chi connectivity index (χ2v) is 7.29. The number of carbonyl (C=O) groups excluding carboxylic acids is 1. The van der Waals surface area contributed by atoms with Crippen molar-refractivity contribution in [2.45, 2.75) is 13.5 Å². The van der Waals surface area contributed by atoms with Crippen LogP contribution in [-0.4, -0.2) is 10.5 Å². The van der Waals surface area contributed by atoms with E-state index in [4.69, 9.17) is 16.9 Å². The smallest absolute Gasteiger partial charge is 0.308 e. The van der Waals surface area contributed by atoms with Crippen LogP contribution in [0.1, 0.15) is 10.4 Å². The van der Waals surface area contributed by atoms with Gasteiger partial charge in [-0.1, -0.05) is 22.9 Å². The summed E-state index contributed by atoms with van der Waals surface area (Å²) in [6, 6.07) is 12.2. The van der Waals surface area contributed by atoms with Crippen LogP contribution in [0, 0.1) is 24.1 Å². The summed E-state index contributed by atoms with van der Waals surface area (Å²) >= 11 is 6.99. The van der Waals surface area contributed by atoms with Crippen molar-refractivity contribution >= 4 is 34.5 Å².